The van der Waals surface area contributed by atoms with Crippen LogP contribution in [-0.2, 0) is 19.5 Å². The molecule has 0 radical (unpaired) electrons. The van der Waals surface area contributed by atoms with Gasteiger partial charge in [0, 0.05) is 13.1 Å². The summed E-state index contributed by atoms with van der Waals surface area (Å²) in [5.74, 6) is -0.0880. The van der Waals surface area contributed by atoms with E-state index >= 15 is 0 Å². The molecular formula is C12H17NOZn. The van der Waals surface area contributed by atoms with E-state index < -0.39 is 0 Å². The van der Waals surface area contributed by atoms with Gasteiger partial charge in [-0.25, -0.2) is 0 Å². The fraction of sp³-hybridized carbons (Fsp3) is 0.333. The second-order valence-corrected chi connectivity index (χ2v) is 2.64. The van der Waals surface area contributed by atoms with E-state index in [0.717, 1.165) is 13.1 Å². The summed E-state index contributed by atoms with van der Waals surface area (Å²) in [5, 5.41) is 10.4. The zero-order valence-corrected chi connectivity index (χ0v) is 12.5. The van der Waals surface area contributed by atoms with Crippen LogP contribution in [0.25, 0.3) is 0 Å². The topological polar surface area (TPSA) is 26.3 Å². The van der Waals surface area contributed by atoms with Gasteiger partial charge < -0.3 is 10.0 Å². The van der Waals surface area contributed by atoms with Crippen LogP contribution in [0.5, 0.6) is 0 Å². The minimum Gasteiger partial charge on any atom is -0.861 e. The zero-order chi connectivity index (χ0) is 10.8. The van der Waals surface area contributed by atoms with Crippen LogP contribution in [0.3, 0.4) is 0 Å². The SMILES string of the molecule is C=C([O-])N(CC)CC.[Zn+2].[c-]1ccccc1. The Hall–Kier alpha value is -0.817. The number of rotatable bonds is 3. The van der Waals surface area contributed by atoms with Gasteiger partial charge in [0.1, 0.15) is 0 Å². The summed E-state index contributed by atoms with van der Waals surface area (Å²) in [5.41, 5.74) is 0. The van der Waals surface area contributed by atoms with Gasteiger partial charge in [-0.05, 0) is 19.7 Å². The van der Waals surface area contributed by atoms with Crippen molar-refractivity contribution in [3.8, 4) is 0 Å². The second kappa shape index (κ2) is 11.3. The second-order valence-electron chi connectivity index (χ2n) is 2.64. The molecular weight excluding hydrogens is 240 g/mol. The fourth-order valence-electron chi connectivity index (χ4n) is 0.918. The molecule has 1 rings (SSSR count). The van der Waals surface area contributed by atoms with E-state index in [0.29, 0.717) is 0 Å². The van der Waals surface area contributed by atoms with Gasteiger partial charge in [-0.15, -0.1) is 0 Å². The summed E-state index contributed by atoms with van der Waals surface area (Å²) in [6.07, 6.45) is 0. The van der Waals surface area contributed by atoms with Crippen molar-refractivity contribution in [3.05, 3.63) is 48.9 Å². The minimum atomic E-state index is -0.0880. The maximum atomic E-state index is 10.4. The van der Waals surface area contributed by atoms with E-state index in [4.69, 9.17) is 0 Å². The van der Waals surface area contributed by atoms with Crippen LogP contribution < -0.4 is 5.11 Å². The average Bonchev–Trinajstić information content (AvgIpc) is 2.22. The molecule has 0 atom stereocenters. The van der Waals surface area contributed by atoms with E-state index in [1.165, 1.54) is 0 Å². The first-order chi connectivity index (χ1) is 6.72. The van der Waals surface area contributed by atoms with Gasteiger partial charge in [0.15, 0.2) is 0 Å². The number of hydrogen-bond donors (Lipinski definition) is 0. The van der Waals surface area contributed by atoms with Crippen LogP contribution in [-0.4, -0.2) is 18.0 Å². The molecule has 1 aromatic rings. The Bertz CT molecular complexity index is 208. The molecule has 0 aliphatic carbocycles. The van der Waals surface area contributed by atoms with Crippen LogP contribution in [0.4, 0.5) is 0 Å². The quantitative estimate of drug-likeness (QED) is 0.467. The zero-order valence-electron chi connectivity index (χ0n) is 9.57. The monoisotopic (exact) mass is 255 g/mol. The maximum absolute atomic E-state index is 10.4. The third kappa shape index (κ3) is 9.49. The van der Waals surface area contributed by atoms with Crippen molar-refractivity contribution in [1.82, 2.24) is 4.90 Å². The van der Waals surface area contributed by atoms with Crippen LogP contribution in [0.1, 0.15) is 13.8 Å². The minimum absolute atomic E-state index is 0. The Labute approximate surface area is 105 Å². The first kappa shape index (κ1) is 16.6. The van der Waals surface area contributed by atoms with E-state index in [1.807, 2.05) is 44.2 Å². The van der Waals surface area contributed by atoms with Gasteiger partial charge in [0.2, 0.25) is 0 Å². The van der Waals surface area contributed by atoms with Crippen LogP contribution in [0.2, 0.25) is 0 Å². The van der Waals surface area contributed by atoms with Gasteiger partial charge in [-0.3, -0.25) is 0 Å². The molecule has 0 aliphatic heterocycles. The largest absolute Gasteiger partial charge is 2.00 e. The Morgan fingerprint density at radius 1 is 1.20 bits per heavy atom. The third-order valence-corrected chi connectivity index (χ3v) is 1.72. The van der Waals surface area contributed by atoms with Gasteiger partial charge in [-0.1, -0.05) is 6.58 Å². The molecule has 15 heavy (non-hydrogen) atoms. The van der Waals surface area contributed by atoms with Crippen LogP contribution in [0.15, 0.2) is 42.8 Å². The fourth-order valence-corrected chi connectivity index (χ4v) is 0.918. The molecule has 0 fully saturated rings. The van der Waals surface area contributed by atoms with Crippen molar-refractivity contribution in [2.45, 2.75) is 13.8 Å². The average molecular weight is 257 g/mol. The summed E-state index contributed by atoms with van der Waals surface area (Å²) in [6, 6.07) is 12.5. The Kier molecular flexibility index (Phi) is 12.5. The number of hydrogen-bond acceptors (Lipinski definition) is 2. The van der Waals surface area contributed by atoms with Gasteiger partial charge in [0.25, 0.3) is 0 Å². The molecule has 2 nitrogen and oxygen atoms in total. The normalized spacial score (nSPS) is 7.87. The summed E-state index contributed by atoms with van der Waals surface area (Å²) >= 11 is 0. The molecule has 3 heteroatoms. The van der Waals surface area contributed by atoms with E-state index in [2.05, 4.69) is 12.6 Å². The molecule has 0 bridgehead atoms. The maximum Gasteiger partial charge on any atom is 2.00 e. The summed E-state index contributed by atoms with van der Waals surface area (Å²) < 4.78 is 0. The van der Waals surface area contributed by atoms with Crippen LogP contribution in [0, 0.1) is 6.07 Å². The Balaban J connectivity index is 0. The molecule has 0 aliphatic rings. The van der Waals surface area contributed by atoms with Gasteiger partial charge in [0.05, 0.1) is 0 Å². The predicted molar refractivity (Wildman–Crippen MR) is 57.3 cm³/mol. The molecule has 0 N–H and O–H groups in total. The first-order valence-electron chi connectivity index (χ1n) is 4.74. The van der Waals surface area contributed by atoms with Gasteiger partial charge in [-0.2, -0.15) is 36.4 Å². The molecule has 0 amide bonds. The van der Waals surface area contributed by atoms with Crippen molar-refractivity contribution in [3.63, 3.8) is 0 Å². The summed E-state index contributed by atoms with van der Waals surface area (Å²) in [7, 11) is 0. The molecule has 0 saturated heterocycles. The molecule has 0 saturated carbocycles. The Morgan fingerprint density at radius 3 is 1.73 bits per heavy atom. The van der Waals surface area contributed by atoms with Crippen molar-refractivity contribution in [2.75, 3.05) is 13.1 Å². The van der Waals surface area contributed by atoms with Crippen molar-refractivity contribution in [2.24, 2.45) is 0 Å². The molecule has 0 heterocycles. The Morgan fingerprint density at radius 2 is 1.67 bits per heavy atom. The molecule has 1 aromatic carbocycles. The summed E-state index contributed by atoms with van der Waals surface area (Å²) in [4.78, 5) is 1.67. The predicted octanol–water partition coefficient (Wildman–Crippen LogP) is 1.64. The number of nitrogens with zero attached hydrogens (tertiary/aromatic N) is 1. The van der Waals surface area contributed by atoms with Gasteiger partial charge >= 0.3 is 19.5 Å². The van der Waals surface area contributed by atoms with E-state index in [-0.39, 0.29) is 25.4 Å². The van der Waals surface area contributed by atoms with Crippen LogP contribution >= 0.6 is 0 Å². The molecule has 0 unspecified atom stereocenters. The third-order valence-electron chi connectivity index (χ3n) is 1.72. The molecule has 0 aromatic heterocycles. The first-order valence-corrected chi connectivity index (χ1v) is 4.74. The summed E-state index contributed by atoms with van der Waals surface area (Å²) in [6.45, 7) is 8.67. The van der Waals surface area contributed by atoms with Crippen molar-refractivity contribution < 1.29 is 24.6 Å². The number of benzene rings is 1. The smallest absolute Gasteiger partial charge is 0.861 e. The molecule has 78 valence electrons. The van der Waals surface area contributed by atoms with E-state index in [1.54, 1.807) is 4.90 Å². The van der Waals surface area contributed by atoms with Crippen molar-refractivity contribution >= 4 is 0 Å². The van der Waals surface area contributed by atoms with E-state index in [9.17, 15) is 5.11 Å². The standard InChI is InChI=1S/C6H13NO.C6H5.Zn/c1-4-7(5-2)6(3)8;1-2-4-6-5-3-1;/h8H,3-5H2,1-2H3;1-5H;/q;-1;+2/p-1. The van der Waals surface area contributed by atoms with Crippen molar-refractivity contribution in [1.29, 1.82) is 0 Å². The molecule has 0 spiro atoms.